The number of carbonyl (C=O) groups is 4. The Balaban J connectivity index is 1.38. The zero-order chi connectivity index (χ0) is 35.3. The third-order valence-corrected chi connectivity index (χ3v) is 7.94. The van der Waals surface area contributed by atoms with Crippen LogP contribution in [0.15, 0.2) is 158 Å². The number of allylic oxidation sites excluding steroid dienone is 2. The number of aliphatic carboxylic acids is 2. The Morgan fingerprint density at radius 1 is 0.460 bits per heavy atom. The number of benzene rings is 5. The molecule has 5 aromatic rings. The molecular formula is C42H34O8. The van der Waals surface area contributed by atoms with Crippen molar-refractivity contribution in [2.24, 2.45) is 0 Å². The molecule has 0 saturated heterocycles. The van der Waals surface area contributed by atoms with E-state index in [1.165, 1.54) is 0 Å². The van der Waals surface area contributed by atoms with Gasteiger partial charge in [-0.15, -0.1) is 0 Å². The first-order valence-corrected chi connectivity index (χ1v) is 15.8. The fourth-order valence-electron chi connectivity index (χ4n) is 5.32. The highest BCUT2D eigenvalue weighted by Gasteiger charge is 2.25. The predicted octanol–water partition coefficient (Wildman–Crippen LogP) is 7.77. The van der Waals surface area contributed by atoms with Crippen molar-refractivity contribution in [3.8, 4) is 33.8 Å². The summed E-state index contributed by atoms with van der Waals surface area (Å²) in [6.45, 7) is -0.225. The minimum Gasteiger partial charge on any atom is -0.492 e. The van der Waals surface area contributed by atoms with E-state index < -0.39 is 35.3 Å². The van der Waals surface area contributed by atoms with Gasteiger partial charge in [0, 0.05) is 12.2 Å². The van der Waals surface area contributed by atoms with Crippen molar-refractivity contribution < 1.29 is 38.9 Å². The van der Waals surface area contributed by atoms with Crippen molar-refractivity contribution in [3.05, 3.63) is 169 Å². The van der Waals surface area contributed by atoms with Crippen molar-refractivity contribution in [1.29, 1.82) is 0 Å². The van der Waals surface area contributed by atoms with Crippen LogP contribution in [0.2, 0.25) is 0 Å². The van der Waals surface area contributed by atoms with E-state index in [1.807, 2.05) is 84.9 Å². The maximum atomic E-state index is 13.3. The summed E-state index contributed by atoms with van der Waals surface area (Å²) >= 11 is 0. The number of carboxylic acid groups (broad SMARTS) is 2. The highest BCUT2D eigenvalue weighted by Crippen LogP contribution is 2.28. The summed E-state index contributed by atoms with van der Waals surface area (Å²) in [6, 6.07) is 41.2. The molecule has 8 nitrogen and oxygen atoms in total. The first-order valence-electron chi connectivity index (χ1n) is 15.8. The van der Waals surface area contributed by atoms with E-state index in [4.69, 9.17) is 19.7 Å². The predicted molar refractivity (Wildman–Crippen MR) is 190 cm³/mol. The molecule has 0 amide bonds. The van der Waals surface area contributed by atoms with Gasteiger partial charge in [-0.2, -0.15) is 0 Å². The molecule has 0 bridgehead atoms. The van der Waals surface area contributed by atoms with Gasteiger partial charge < -0.3 is 19.7 Å². The monoisotopic (exact) mass is 666 g/mol. The molecule has 0 fully saturated rings. The van der Waals surface area contributed by atoms with E-state index in [0.717, 1.165) is 46.6 Å². The summed E-state index contributed by atoms with van der Waals surface area (Å²) in [6.07, 6.45) is 3.52. The molecular weight excluding hydrogens is 632 g/mol. The Hall–Kier alpha value is -6.54. The van der Waals surface area contributed by atoms with Crippen LogP contribution in [-0.2, 0) is 19.2 Å². The summed E-state index contributed by atoms with van der Waals surface area (Å²) in [5.41, 5.74) is 5.03. The Labute approximate surface area is 289 Å². The third-order valence-electron chi connectivity index (χ3n) is 7.94. The number of ketones is 2. The van der Waals surface area contributed by atoms with Gasteiger partial charge in [0.1, 0.15) is 24.7 Å². The molecule has 5 rings (SSSR count). The van der Waals surface area contributed by atoms with Crippen LogP contribution in [0, 0.1) is 0 Å². The fourth-order valence-corrected chi connectivity index (χ4v) is 5.32. The van der Waals surface area contributed by atoms with Gasteiger partial charge in [0.15, 0.2) is 11.6 Å². The second-order valence-electron chi connectivity index (χ2n) is 11.3. The normalized spacial score (nSPS) is 12.3. The molecule has 0 aliphatic rings. The average molecular weight is 667 g/mol. The molecule has 0 saturated carbocycles. The molecule has 2 unspecified atom stereocenters. The zero-order valence-electron chi connectivity index (χ0n) is 26.9. The Bertz CT molecular complexity index is 1840. The molecule has 0 spiro atoms. The number of carboxylic acids is 2. The highest BCUT2D eigenvalue weighted by molar-refractivity contribution is 6.00. The lowest BCUT2D eigenvalue weighted by Gasteiger charge is -2.20. The molecule has 0 radical (unpaired) electrons. The second kappa shape index (κ2) is 17.0. The number of ether oxygens (including phenoxy) is 2. The second-order valence-corrected chi connectivity index (χ2v) is 11.3. The van der Waals surface area contributed by atoms with Gasteiger partial charge in [-0.3, -0.25) is 9.59 Å². The summed E-state index contributed by atoms with van der Waals surface area (Å²) in [7, 11) is 0. The molecule has 2 N–H and O–H groups in total. The molecule has 0 aliphatic carbocycles. The zero-order valence-corrected chi connectivity index (χ0v) is 26.9. The van der Waals surface area contributed by atoms with Crippen molar-refractivity contribution in [2.45, 2.75) is 11.8 Å². The highest BCUT2D eigenvalue weighted by atomic mass is 16.5. The molecule has 0 aliphatic heterocycles. The lowest BCUT2D eigenvalue weighted by Crippen LogP contribution is -2.21. The maximum absolute atomic E-state index is 13.3. The van der Waals surface area contributed by atoms with Crippen LogP contribution in [0.4, 0.5) is 0 Å². The molecule has 2 atom stereocenters. The first kappa shape index (κ1) is 34.8. The van der Waals surface area contributed by atoms with Crippen molar-refractivity contribution in [1.82, 2.24) is 0 Å². The average Bonchev–Trinajstić information content (AvgIpc) is 3.14. The standard InChI is InChI=1S/C42H34O8/c43-39(22-24-41(45)46)37(27-49-35-18-14-31(15-19-35)29-8-3-1-4-9-29)33-12-7-13-34(26-33)38(40(44)23-25-42(47)48)28-50-36-20-16-32(17-21-36)30-10-5-2-6-11-30/h1-26,37-38H,27-28H2,(H,45,46)(H,47,48). The van der Waals surface area contributed by atoms with Gasteiger partial charge >= 0.3 is 11.9 Å². The molecule has 8 heteroatoms. The van der Waals surface area contributed by atoms with Crippen molar-refractivity contribution in [2.75, 3.05) is 13.2 Å². The largest absolute Gasteiger partial charge is 0.492 e. The minimum atomic E-state index is -1.27. The van der Waals surface area contributed by atoms with Crippen LogP contribution < -0.4 is 9.47 Å². The maximum Gasteiger partial charge on any atom is 0.328 e. The first-order chi connectivity index (χ1) is 24.3. The van der Waals surface area contributed by atoms with Gasteiger partial charge in [-0.05, 0) is 69.8 Å². The Morgan fingerprint density at radius 3 is 1.18 bits per heavy atom. The summed E-state index contributed by atoms with van der Waals surface area (Å²) in [4.78, 5) is 49.1. The number of carbonyl (C=O) groups excluding carboxylic acids is 2. The van der Waals surface area contributed by atoms with Gasteiger partial charge in [0.25, 0.3) is 0 Å². The molecule has 0 aromatic heterocycles. The third kappa shape index (κ3) is 9.74. The van der Waals surface area contributed by atoms with Crippen molar-refractivity contribution in [3.63, 3.8) is 0 Å². The van der Waals surface area contributed by atoms with Gasteiger partial charge in [-0.1, -0.05) is 109 Å². The SMILES string of the molecule is O=C(O)C=CC(=O)C(COc1ccc(-c2ccccc2)cc1)c1cccc(C(COc2ccc(-c3ccccc3)cc2)C(=O)C=CC(=O)O)c1. The van der Waals surface area contributed by atoms with E-state index in [0.29, 0.717) is 22.6 Å². The summed E-state index contributed by atoms with van der Waals surface area (Å²) in [5.74, 6) is -4.37. The van der Waals surface area contributed by atoms with E-state index in [9.17, 15) is 19.2 Å². The van der Waals surface area contributed by atoms with Crippen LogP contribution in [0.1, 0.15) is 23.0 Å². The van der Waals surface area contributed by atoms with Gasteiger partial charge in [0.05, 0.1) is 11.8 Å². The molecule has 50 heavy (non-hydrogen) atoms. The van der Waals surface area contributed by atoms with E-state index in [-0.39, 0.29) is 13.2 Å². The van der Waals surface area contributed by atoms with Crippen LogP contribution in [0.3, 0.4) is 0 Å². The van der Waals surface area contributed by atoms with Crippen LogP contribution in [-0.4, -0.2) is 46.9 Å². The van der Waals surface area contributed by atoms with Crippen LogP contribution in [0.5, 0.6) is 11.5 Å². The fraction of sp³-hybridized carbons (Fsp3) is 0.0952. The smallest absolute Gasteiger partial charge is 0.328 e. The Morgan fingerprint density at radius 2 is 0.820 bits per heavy atom. The van der Waals surface area contributed by atoms with Crippen LogP contribution in [0.25, 0.3) is 22.3 Å². The number of rotatable bonds is 16. The van der Waals surface area contributed by atoms with E-state index >= 15 is 0 Å². The molecule has 5 aromatic carbocycles. The lowest BCUT2D eigenvalue weighted by molar-refractivity contribution is -0.132. The minimum absolute atomic E-state index is 0.112. The summed E-state index contributed by atoms with van der Waals surface area (Å²) in [5, 5.41) is 18.3. The van der Waals surface area contributed by atoms with Gasteiger partial charge in [0.2, 0.25) is 0 Å². The lowest BCUT2D eigenvalue weighted by atomic mass is 9.88. The molecule has 250 valence electrons. The Kier molecular flexibility index (Phi) is 11.8. The van der Waals surface area contributed by atoms with Gasteiger partial charge in [-0.25, -0.2) is 9.59 Å². The number of hydrogen-bond acceptors (Lipinski definition) is 6. The quantitative estimate of drug-likeness (QED) is 0.102. The van der Waals surface area contributed by atoms with Crippen molar-refractivity contribution >= 4 is 23.5 Å². The van der Waals surface area contributed by atoms with E-state index in [2.05, 4.69) is 0 Å². The van der Waals surface area contributed by atoms with Crippen LogP contribution >= 0.6 is 0 Å². The van der Waals surface area contributed by atoms with E-state index in [1.54, 1.807) is 48.5 Å². The summed E-state index contributed by atoms with van der Waals surface area (Å²) < 4.78 is 12.1. The number of hydrogen-bond donors (Lipinski definition) is 2. The molecule has 0 heterocycles. The topological polar surface area (TPSA) is 127 Å².